The molecule has 0 aromatic rings. The molecule has 0 saturated carbocycles. The molecule has 1 aliphatic rings. The van der Waals surface area contributed by atoms with Crippen LogP contribution in [0, 0.1) is 6.57 Å². The van der Waals surface area contributed by atoms with E-state index in [0.717, 1.165) is 19.5 Å². The van der Waals surface area contributed by atoms with Gasteiger partial charge in [-0.2, -0.15) is 0 Å². The van der Waals surface area contributed by atoms with Gasteiger partial charge in [0.05, 0.1) is 6.54 Å². The molecule has 0 radical (unpaired) electrons. The molecular formula is C5H8N2. The van der Waals surface area contributed by atoms with Crippen LogP contribution in [-0.4, -0.2) is 19.1 Å². The summed E-state index contributed by atoms with van der Waals surface area (Å²) in [5.41, 5.74) is 0. The van der Waals surface area contributed by atoms with E-state index in [1.165, 1.54) is 0 Å². The van der Waals surface area contributed by atoms with Crippen LogP contribution < -0.4 is 5.32 Å². The van der Waals surface area contributed by atoms with Gasteiger partial charge < -0.3 is 10.2 Å². The van der Waals surface area contributed by atoms with Gasteiger partial charge in [-0.25, -0.2) is 6.57 Å². The number of rotatable bonds is 0. The molecule has 0 unspecified atom stereocenters. The first kappa shape index (κ1) is 4.61. The van der Waals surface area contributed by atoms with Crippen LogP contribution in [0.3, 0.4) is 0 Å². The van der Waals surface area contributed by atoms with Crippen LogP contribution in [0.15, 0.2) is 0 Å². The molecule has 1 N–H and O–H groups in total. The Labute approximate surface area is 43.3 Å². The Kier molecular flexibility index (Phi) is 1.28. The standard InChI is InChI=1S/C5H8N2/c1-6-5-2-3-7-4-5/h5,7H,2-4H2/t5-/m0/s1. The minimum Gasteiger partial charge on any atom is -0.312 e. The summed E-state index contributed by atoms with van der Waals surface area (Å²) in [6.07, 6.45) is 1.05. The highest BCUT2D eigenvalue weighted by molar-refractivity contribution is 4.86. The zero-order chi connectivity index (χ0) is 5.11. The maximum Gasteiger partial charge on any atom is 0.237 e. The molecular weight excluding hydrogens is 88.1 g/mol. The summed E-state index contributed by atoms with van der Waals surface area (Å²) in [6, 6.07) is 0.278. The fourth-order valence-electron chi connectivity index (χ4n) is 0.750. The molecule has 1 rings (SSSR count). The van der Waals surface area contributed by atoms with Crippen molar-refractivity contribution < 1.29 is 0 Å². The average molecular weight is 96.1 g/mol. The van der Waals surface area contributed by atoms with Crippen LogP contribution in [0.4, 0.5) is 0 Å². The smallest absolute Gasteiger partial charge is 0.237 e. The lowest BCUT2D eigenvalue weighted by atomic mass is 10.3. The van der Waals surface area contributed by atoms with Crippen molar-refractivity contribution in [1.82, 2.24) is 5.32 Å². The Balaban J connectivity index is 2.31. The van der Waals surface area contributed by atoms with Crippen molar-refractivity contribution in [3.8, 4) is 0 Å². The van der Waals surface area contributed by atoms with Gasteiger partial charge in [0.1, 0.15) is 0 Å². The Hall–Kier alpha value is -0.550. The number of hydrogen-bond acceptors (Lipinski definition) is 1. The highest BCUT2D eigenvalue weighted by atomic mass is 15.0. The van der Waals surface area contributed by atoms with Crippen LogP contribution in [0.2, 0.25) is 0 Å². The van der Waals surface area contributed by atoms with Gasteiger partial charge in [0.15, 0.2) is 0 Å². The predicted octanol–water partition coefficient (Wildman–Crippen LogP) is 0.268. The van der Waals surface area contributed by atoms with E-state index in [9.17, 15) is 0 Å². The lowest BCUT2D eigenvalue weighted by molar-refractivity contribution is 0.837. The Morgan fingerprint density at radius 3 is 2.86 bits per heavy atom. The van der Waals surface area contributed by atoms with Crippen LogP contribution >= 0.6 is 0 Å². The summed E-state index contributed by atoms with van der Waals surface area (Å²) >= 11 is 0. The highest BCUT2D eigenvalue weighted by Gasteiger charge is 2.16. The first-order valence-corrected chi connectivity index (χ1v) is 2.51. The molecule has 2 heteroatoms. The van der Waals surface area contributed by atoms with E-state index in [4.69, 9.17) is 6.57 Å². The molecule has 1 heterocycles. The largest absolute Gasteiger partial charge is 0.312 e. The molecule has 0 aromatic carbocycles. The van der Waals surface area contributed by atoms with Crippen molar-refractivity contribution in [2.45, 2.75) is 12.5 Å². The van der Waals surface area contributed by atoms with Crippen LogP contribution in [0.25, 0.3) is 4.85 Å². The fraction of sp³-hybridized carbons (Fsp3) is 0.800. The van der Waals surface area contributed by atoms with Crippen molar-refractivity contribution >= 4 is 0 Å². The second-order valence-corrected chi connectivity index (χ2v) is 1.78. The van der Waals surface area contributed by atoms with Crippen molar-refractivity contribution in [2.24, 2.45) is 0 Å². The zero-order valence-electron chi connectivity index (χ0n) is 4.15. The van der Waals surface area contributed by atoms with Crippen molar-refractivity contribution in [3.05, 3.63) is 11.4 Å². The van der Waals surface area contributed by atoms with E-state index in [2.05, 4.69) is 10.2 Å². The summed E-state index contributed by atoms with van der Waals surface area (Å²) < 4.78 is 0. The SMILES string of the molecule is [C-]#[N+][C@H]1CCNC1. The van der Waals surface area contributed by atoms with Gasteiger partial charge in [-0.3, -0.25) is 0 Å². The quantitative estimate of drug-likeness (QED) is 0.428. The number of nitrogens with one attached hydrogen (secondary N) is 1. The van der Waals surface area contributed by atoms with Crippen molar-refractivity contribution in [1.29, 1.82) is 0 Å². The molecule has 0 aromatic heterocycles. The van der Waals surface area contributed by atoms with Gasteiger partial charge in [-0.15, -0.1) is 0 Å². The molecule has 1 fully saturated rings. The van der Waals surface area contributed by atoms with Gasteiger partial charge in [0.2, 0.25) is 6.04 Å². The summed E-state index contributed by atoms with van der Waals surface area (Å²) in [6.45, 7) is 8.53. The Bertz CT molecular complexity index is 86.7. The van der Waals surface area contributed by atoms with Crippen molar-refractivity contribution in [2.75, 3.05) is 13.1 Å². The van der Waals surface area contributed by atoms with E-state index in [1.54, 1.807) is 0 Å². The first-order valence-electron chi connectivity index (χ1n) is 2.51. The third-order valence-electron chi connectivity index (χ3n) is 1.22. The molecule has 0 spiro atoms. The molecule has 0 amide bonds. The Morgan fingerprint density at radius 1 is 1.71 bits per heavy atom. The third-order valence-corrected chi connectivity index (χ3v) is 1.22. The van der Waals surface area contributed by atoms with Crippen LogP contribution in [0.5, 0.6) is 0 Å². The maximum absolute atomic E-state index is 6.58. The van der Waals surface area contributed by atoms with Gasteiger partial charge in [-0.1, -0.05) is 0 Å². The van der Waals surface area contributed by atoms with E-state index in [1.807, 2.05) is 0 Å². The monoisotopic (exact) mass is 96.1 g/mol. The zero-order valence-corrected chi connectivity index (χ0v) is 4.15. The summed E-state index contributed by atoms with van der Waals surface area (Å²) in [5.74, 6) is 0. The van der Waals surface area contributed by atoms with Gasteiger partial charge >= 0.3 is 0 Å². The number of nitrogens with zero attached hydrogens (tertiary/aromatic N) is 1. The second-order valence-electron chi connectivity index (χ2n) is 1.78. The predicted molar refractivity (Wildman–Crippen MR) is 27.9 cm³/mol. The minimum atomic E-state index is 0.278. The molecule has 0 aliphatic carbocycles. The molecule has 2 nitrogen and oxygen atoms in total. The molecule has 1 saturated heterocycles. The summed E-state index contributed by atoms with van der Waals surface area (Å²) in [5, 5.41) is 3.11. The van der Waals surface area contributed by atoms with Crippen LogP contribution in [0.1, 0.15) is 6.42 Å². The van der Waals surface area contributed by atoms with E-state index in [-0.39, 0.29) is 6.04 Å². The third kappa shape index (κ3) is 0.908. The topological polar surface area (TPSA) is 16.4 Å². The second kappa shape index (κ2) is 1.94. The summed E-state index contributed by atoms with van der Waals surface area (Å²) in [7, 11) is 0. The van der Waals surface area contributed by atoms with E-state index in [0.29, 0.717) is 0 Å². The highest BCUT2D eigenvalue weighted by Crippen LogP contribution is 2.00. The van der Waals surface area contributed by atoms with Crippen molar-refractivity contribution in [3.63, 3.8) is 0 Å². The van der Waals surface area contributed by atoms with Gasteiger partial charge in [-0.05, 0) is 0 Å². The molecule has 38 valence electrons. The Morgan fingerprint density at radius 2 is 2.57 bits per heavy atom. The van der Waals surface area contributed by atoms with E-state index >= 15 is 0 Å². The number of hydrogen-bond donors (Lipinski definition) is 1. The van der Waals surface area contributed by atoms with E-state index < -0.39 is 0 Å². The molecule has 0 bridgehead atoms. The van der Waals surface area contributed by atoms with Crippen LogP contribution in [-0.2, 0) is 0 Å². The molecule has 7 heavy (non-hydrogen) atoms. The van der Waals surface area contributed by atoms with Gasteiger partial charge in [0.25, 0.3) is 0 Å². The first-order chi connectivity index (χ1) is 3.43. The molecule has 1 atom stereocenters. The van der Waals surface area contributed by atoms with Gasteiger partial charge in [0, 0.05) is 13.0 Å². The lowest BCUT2D eigenvalue weighted by Gasteiger charge is -1.84. The summed E-state index contributed by atoms with van der Waals surface area (Å²) in [4.78, 5) is 3.38. The normalized spacial score (nSPS) is 29.9. The average Bonchev–Trinajstić information content (AvgIpc) is 2.14. The fourth-order valence-corrected chi connectivity index (χ4v) is 0.750. The lowest BCUT2D eigenvalue weighted by Crippen LogP contribution is -2.09. The minimum absolute atomic E-state index is 0.278. The maximum atomic E-state index is 6.58. The molecule has 1 aliphatic heterocycles.